The number of hydrogen-bond acceptors (Lipinski definition) is 2. The molecule has 2 rings (SSSR count). The predicted molar refractivity (Wildman–Crippen MR) is 77.6 cm³/mol. The van der Waals surface area contributed by atoms with Gasteiger partial charge >= 0.3 is 0 Å². The van der Waals surface area contributed by atoms with Gasteiger partial charge in [0.2, 0.25) is 5.91 Å². The summed E-state index contributed by atoms with van der Waals surface area (Å²) >= 11 is 0. The van der Waals surface area contributed by atoms with Crippen LogP contribution in [-0.4, -0.2) is 12.5 Å². The Morgan fingerprint density at radius 3 is 2.58 bits per heavy atom. The molecule has 1 aromatic carbocycles. The van der Waals surface area contributed by atoms with Gasteiger partial charge in [0.25, 0.3) is 0 Å². The largest absolute Gasteiger partial charge is 0.354 e. The molecule has 3 heteroatoms. The first-order valence-corrected chi connectivity index (χ1v) is 7.23. The van der Waals surface area contributed by atoms with E-state index < -0.39 is 5.54 Å². The van der Waals surface area contributed by atoms with E-state index in [4.69, 9.17) is 5.73 Å². The molecule has 0 aromatic heterocycles. The van der Waals surface area contributed by atoms with Gasteiger partial charge in [0, 0.05) is 6.54 Å². The van der Waals surface area contributed by atoms with Gasteiger partial charge in [-0.15, -0.1) is 0 Å². The van der Waals surface area contributed by atoms with Crippen molar-refractivity contribution in [2.75, 3.05) is 6.54 Å². The second kappa shape index (κ2) is 6.20. The Morgan fingerprint density at radius 2 is 1.95 bits per heavy atom. The fourth-order valence-corrected chi connectivity index (χ4v) is 2.79. The van der Waals surface area contributed by atoms with E-state index in [0.717, 1.165) is 24.4 Å². The smallest absolute Gasteiger partial charge is 0.244 e. The second-order valence-corrected chi connectivity index (χ2v) is 5.76. The third-order valence-electron chi connectivity index (χ3n) is 4.16. The molecule has 0 radical (unpaired) electrons. The van der Waals surface area contributed by atoms with E-state index in [-0.39, 0.29) is 5.91 Å². The maximum Gasteiger partial charge on any atom is 0.244 e. The molecule has 3 nitrogen and oxygen atoms in total. The Balaban J connectivity index is 1.84. The molecule has 0 bridgehead atoms. The lowest BCUT2D eigenvalue weighted by Gasteiger charge is -2.24. The van der Waals surface area contributed by atoms with Crippen LogP contribution >= 0.6 is 0 Å². The van der Waals surface area contributed by atoms with Crippen molar-refractivity contribution in [3.05, 3.63) is 35.9 Å². The van der Waals surface area contributed by atoms with E-state index in [1.807, 2.05) is 30.3 Å². The predicted octanol–water partition coefficient (Wildman–Crippen LogP) is 2.56. The van der Waals surface area contributed by atoms with Crippen molar-refractivity contribution in [3.63, 3.8) is 0 Å². The molecule has 1 saturated carbocycles. The molecule has 3 N–H and O–H groups in total. The Labute approximate surface area is 115 Å². The number of benzene rings is 1. The maximum absolute atomic E-state index is 12.2. The van der Waals surface area contributed by atoms with E-state index in [1.54, 1.807) is 6.92 Å². The van der Waals surface area contributed by atoms with Crippen LogP contribution in [0.2, 0.25) is 0 Å². The first kappa shape index (κ1) is 14.1. The Morgan fingerprint density at radius 1 is 1.32 bits per heavy atom. The first-order chi connectivity index (χ1) is 9.10. The van der Waals surface area contributed by atoms with Gasteiger partial charge < -0.3 is 11.1 Å². The van der Waals surface area contributed by atoms with E-state index in [2.05, 4.69) is 5.32 Å². The highest BCUT2D eigenvalue weighted by atomic mass is 16.2. The minimum Gasteiger partial charge on any atom is -0.354 e. The van der Waals surface area contributed by atoms with Crippen LogP contribution in [0.4, 0.5) is 0 Å². The van der Waals surface area contributed by atoms with Gasteiger partial charge in [-0.2, -0.15) is 0 Å². The summed E-state index contributed by atoms with van der Waals surface area (Å²) in [4.78, 5) is 12.2. The van der Waals surface area contributed by atoms with Crippen molar-refractivity contribution >= 4 is 5.91 Å². The summed E-state index contributed by atoms with van der Waals surface area (Å²) in [7, 11) is 0. The van der Waals surface area contributed by atoms with Crippen molar-refractivity contribution in [2.24, 2.45) is 11.7 Å². The van der Waals surface area contributed by atoms with Gasteiger partial charge in [-0.1, -0.05) is 56.0 Å². The summed E-state index contributed by atoms with van der Waals surface area (Å²) in [6, 6.07) is 9.54. The summed E-state index contributed by atoms with van der Waals surface area (Å²) in [5, 5.41) is 2.98. The summed E-state index contributed by atoms with van der Waals surface area (Å²) in [6.07, 6.45) is 6.40. The third-order valence-corrected chi connectivity index (χ3v) is 4.16. The molecular formula is C16H24N2O. The highest BCUT2D eigenvalue weighted by Gasteiger charge is 2.30. The van der Waals surface area contributed by atoms with E-state index in [1.165, 1.54) is 25.7 Å². The van der Waals surface area contributed by atoms with Crippen molar-refractivity contribution in [2.45, 2.75) is 44.6 Å². The SMILES string of the molecule is CC(N)(C(=O)NCCC1CCCC1)c1ccccc1. The lowest BCUT2D eigenvalue weighted by Crippen LogP contribution is -2.49. The molecule has 1 unspecified atom stereocenters. The van der Waals surface area contributed by atoms with Crippen molar-refractivity contribution in [1.29, 1.82) is 0 Å². The third kappa shape index (κ3) is 3.57. The minimum atomic E-state index is -0.947. The molecule has 0 aliphatic heterocycles. The van der Waals surface area contributed by atoms with Crippen LogP contribution in [0.5, 0.6) is 0 Å². The first-order valence-electron chi connectivity index (χ1n) is 7.23. The lowest BCUT2D eigenvalue weighted by molar-refractivity contribution is -0.126. The van der Waals surface area contributed by atoms with E-state index in [0.29, 0.717) is 0 Å². The average Bonchev–Trinajstić information content (AvgIpc) is 2.93. The minimum absolute atomic E-state index is 0.0864. The maximum atomic E-state index is 12.2. The van der Waals surface area contributed by atoms with E-state index in [9.17, 15) is 4.79 Å². The zero-order valence-corrected chi connectivity index (χ0v) is 11.7. The molecule has 1 aliphatic rings. The van der Waals surface area contributed by atoms with Crippen molar-refractivity contribution in [3.8, 4) is 0 Å². The zero-order chi connectivity index (χ0) is 13.7. The zero-order valence-electron chi connectivity index (χ0n) is 11.7. The number of nitrogens with one attached hydrogen (secondary N) is 1. The van der Waals surface area contributed by atoms with Gasteiger partial charge in [-0.3, -0.25) is 4.79 Å². The van der Waals surface area contributed by atoms with Crippen LogP contribution in [0, 0.1) is 5.92 Å². The monoisotopic (exact) mass is 260 g/mol. The molecule has 0 spiro atoms. The molecule has 0 heterocycles. The summed E-state index contributed by atoms with van der Waals surface area (Å²) in [6.45, 7) is 2.51. The fourth-order valence-electron chi connectivity index (χ4n) is 2.79. The molecule has 0 saturated heterocycles. The van der Waals surface area contributed by atoms with Gasteiger partial charge in [0.05, 0.1) is 0 Å². The molecule has 1 atom stereocenters. The Kier molecular flexibility index (Phi) is 4.59. The number of nitrogens with two attached hydrogens (primary N) is 1. The number of hydrogen-bond donors (Lipinski definition) is 2. The molecule has 1 fully saturated rings. The summed E-state index contributed by atoms with van der Waals surface area (Å²) in [5.74, 6) is 0.706. The Bertz CT molecular complexity index is 408. The van der Waals surface area contributed by atoms with Crippen molar-refractivity contribution < 1.29 is 4.79 Å². The number of carbonyl (C=O) groups is 1. The molecular weight excluding hydrogens is 236 g/mol. The van der Waals surface area contributed by atoms with Crippen LogP contribution < -0.4 is 11.1 Å². The van der Waals surface area contributed by atoms with Gasteiger partial charge in [0.15, 0.2) is 0 Å². The van der Waals surface area contributed by atoms with Gasteiger partial charge in [-0.05, 0) is 24.8 Å². The summed E-state index contributed by atoms with van der Waals surface area (Å²) in [5.41, 5.74) is 6.07. The quantitative estimate of drug-likeness (QED) is 0.855. The van der Waals surface area contributed by atoms with Crippen LogP contribution in [-0.2, 0) is 10.3 Å². The molecule has 104 valence electrons. The van der Waals surface area contributed by atoms with E-state index >= 15 is 0 Å². The number of amides is 1. The molecule has 19 heavy (non-hydrogen) atoms. The van der Waals surface area contributed by atoms with Crippen LogP contribution in [0.1, 0.15) is 44.6 Å². The lowest BCUT2D eigenvalue weighted by atomic mass is 9.92. The average molecular weight is 260 g/mol. The summed E-state index contributed by atoms with van der Waals surface area (Å²) < 4.78 is 0. The molecule has 1 amide bonds. The highest BCUT2D eigenvalue weighted by molar-refractivity contribution is 5.86. The van der Waals surface area contributed by atoms with Gasteiger partial charge in [0.1, 0.15) is 5.54 Å². The second-order valence-electron chi connectivity index (χ2n) is 5.76. The molecule has 1 aliphatic carbocycles. The van der Waals surface area contributed by atoms with Crippen LogP contribution in [0.15, 0.2) is 30.3 Å². The standard InChI is InChI=1S/C16H24N2O/c1-16(17,14-9-3-2-4-10-14)15(19)18-12-11-13-7-5-6-8-13/h2-4,9-10,13H,5-8,11-12,17H2,1H3,(H,18,19). The van der Waals surface area contributed by atoms with Crippen LogP contribution in [0.3, 0.4) is 0 Å². The van der Waals surface area contributed by atoms with Gasteiger partial charge in [-0.25, -0.2) is 0 Å². The Hall–Kier alpha value is -1.35. The topological polar surface area (TPSA) is 55.1 Å². The fraction of sp³-hybridized carbons (Fsp3) is 0.562. The number of carbonyl (C=O) groups excluding carboxylic acids is 1. The molecule has 1 aromatic rings. The normalized spacial score (nSPS) is 19.1. The highest BCUT2D eigenvalue weighted by Crippen LogP contribution is 2.27. The van der Waals surface area contributed by atoms with Crippen molar-refractivity contribution in [1.82, 2.24) is 5.32 Å². The number of rotatable bonds is 5. The van der Waals surface area contributed by atoms with Crippen LogP contribution in [0.25, 0.3) is 0 Å².